The Labute approximate surface area is 123 Å². The van der Waals surface area contributed by atoms with E-state index in [1.807, 2.05) is 0 Å². The van der Waals surface area contributed by atoms with Crippen molar-refractivity contribution >= 4 is 21.9 Å². The topological polar surface area (TPSA) is 116 Å². The first-order chi connectivity index (χ1) is 9.86. The SMILES string of the molecule is CCOC(=O)c1ccc(S(=O)(=O)NCCCC(N)=O)cc1. The van der Waals surface area contributed by atoms with Gasteiger partial charge in [-0.1, -0.05) is 0 Å². The van der Waals surface area contributed by atoms with Gasteiger partial charge in [0.15, 0.2) is 0 Å². The van der Waals surface area contributed by atoms with Crippen LogP contribution >= 0.6 is 0 Å². The Hall–Kier alpha value is -1.93. The van der Waals surface area contributed by atoms with Gasteiger partial charge in [0.25, 0.3) is 0 Å². The van der Waals surface area contributed by atoms with Crippen LogP contribution < -0.4 is 10.5 Å². The molecule has 7 nitrogen and oxygen atoms in total. The Kier molecular flexibility index (Phi) is 6.32. The number of rotatable bonds is 8. The Balaban J connectivity index is 2.67. The third-order valence-electron chi connectivity index (χ3n) is 2.57. The molecule has 21 heavy (non-hydrogen) atoms. The second-order valence-corrected chi connectivity index (χ2v) is 5.98. The monoisotopic (exact) mass is 314 g/mol. The van der Waals surface area contributed by atoms with Crippen molar-refractivity contribution in [1.29, 1.82) is 0 Å². The average molecular weight is 314 g/mol. The van der Waals surface area contributed by atoms with Crippen LogP contribution in [0.1, 0.15) is 30.1 Å². The van der Waals surface area contributed by atoms with Crippen LogP contribution in [0.15, 0.2) is 29.2 Å². The van der Waals surface area contributed by atoms with Crippen LogP contribution in [0.3, 0.4) is 0 Å². The van der Waals surface area contributed by atoms with E-state index in [0.29, 0.717) is 6.42 Å². The molecule has 1 aromatic rings. The summed E-state index contributed by atoms with van der Waals surface area (Å²) >= 11 is 0. The van der Waals surface area contributed by atoms with E-state index in [1.54, 1.807) is 6.92 Å². The molecule has 1 amide bonds. The summed E-state index contributed by atoms with van der Waals surface area (Å²) in [7, 11) is -3.67. The maximum absolute atomic E-state index is 11.9. The molecule has 0 radical (unpaired) electrons. The highest BCUT2D eigenvalue weighted by molar-refractivity contribution is 7.89. The fraction of sp³-hybridized carbons (Fsp3) is 0.385. The first-order valence-corrected chi connectivity index (χ1v) is 7.90. The summed E-state index contributed by atoms with van der Waals surface area (Å²) in [5, 5.41) is 0. The number of carbonyl (C=O) groups excluding carboxylic acids is 2. The third kappa shape index (κ3) is 5.52. The lowest BCUT2D eigenvalue weighted by atomic mass is 10.2. The van der Waals surface area contributed by atoms with Crippen LogP contribution in [0, 0.1) is 0 Å². The van der Waals surface area contributed by atoms with Crippen LogP contribution in [-0.2, 0) is 19.6 Å². The lowest BCUT2D eigenvalue weighted by Gasteiger charge is -2.07. The quantitative estimate of drug-likeness (QED) is 0.532. The summed E-state index contributed by atoms with van der Waals surface area (Å²) in [6.07, 6.45) is 0.444. The van der Waals surface area contributed by atoms with Crippen molar-refractivity contribution in [3.05, 3.63) is 29.8 Å². The van der Waals surface area contributed by atoms with Gasteiger partial charge in [-0.15, -0.1) is 0 Å². The van der Waals surface area contributed by atoms with Crippen LogP contribution in [0.25, 0.3) is 0 Å². The van der Waals surface area contributed by atoms with E-state index in [1.165, 1.54) is 24.3 Å². The number of amides is 1. The van der Waals surface area contributed by atoms with E-state index in [-0.39, 0.29) is 30.0 Å². The van der Waals surface area contributed by atoms with Gasteiger partial charge >= 0.3 is 5.97 Å². The molecule has 0 aliphatic rings. The summed E-state index contributed by atoms with van der Waals surface area (Å²) in [6, 6.07) is 5.41. The van der Waals surface area contributed by atoms with Crippen molar-refractivity contribution in [3.63, 3.8) is 0 Å². The lowest BCUT2D eigenvalue weighted by molar-refractivity contribution is -0.118. The molecule has 3 N–H and O–H groups in total. The first kappa shape index (κ1) is 17.1. The number of hydrogen-bond acceptors (Lipinski definition) is 5. The maximum Gasteiger partial charge on any atom is 0.338 e. The predicted molar refractivity (Wildman–Crippen MR) is 76.0 cm³/mol. The van der Waals surface area contributed by atoms with Gasteiger partial charge in [0.1, 0.15) is 0 Å². The van der Waals surface area contributed by atoms with E-state index in [2.05, 4.69) is 4.72 Å². The van der Waals surface area contributed by atoms with E-state index < -0.39 is 21.9 Å². The number of nitrogens with one attached hydrogen (secondary N) is 1. The molecule has 0 saturated carbocycles. The zero-order valence-electron chi connectivity index (χ0n) is 11.7. The highest BCUT2D eigenvalue weighted by atomic mass is 32.2. The Morgan fingerprint density at radius 1 is 1.24 bits per heavy atom. The molecule has 0 bridgehead atoms. The van der Waals surface area contributed by atoms with Gasteiger partial charge in [-0.05, 0) is 37.6 Å². The molecule has 1 rings (SSSR count). The van der Waals surface area contributed by atoms with Crippen LogP contribution in [0.5, 0.6) is 0 Å². The number of carbonyl (C=O) groups is 2. The van der Waals surface area contributed by atoms with E-state index >= 15 is 0 Å². The highest BCUT2D eigenvalue weighted by Crippen LogP contribution is 2.11. The van der Waals surface area contributed by atoms with Crippen molar-refractivity contribution < 1.29 is 22.7 Å². The number of primary amides is 1. The number of sulfonamides is 1. The van der Waals surface area contributed by atoms with Gasteiger partial charge in [-0.25, -0.2) is 17.9 Å². The molecular weight excluding hydrogens is 296 g/mol. The minimum atomic E-state index is -3.67. The van der Waals surface area contributed by atoms with Crippen molar-refractivity contribution in [2.24, 2.45) is 5.73 Å². The molecule has 0 aliphatic carbocycles. The minimum Gasteiger partial charge on any atom is -0.462 e. The molecule has 0 spiro atoms. The number of ether oxygens (including phenoxy) is 1. The van der Waals surface area contributed by atoms with Crippen LogP contribution in [-0.4, -0.2) is 33.4 Å². The molecule has 1 aromatic carbocycles. The van der Waals surface area contributed by atoms with Gasteiger partial charge in [0.05, 0.1) is 17.1 Å². The van der Waals surface area contributed by atoms with Crippen LogP contribution in [0.2, 0.25) is 0 Å². The van der Waals surface area contributed by atoms with E-state index in [9.17, 15) is 18.0 Å². The summed E-state index contributed by atoms with van der Waals surface area (Å²) in [4.78, 5) is 22.0. The zero-order chi connectivity index (χ0) is 15.9. The van der Waals surface area contributed by atoms with Gasteiger partial charge in [-0.2, -0.15) is 0 Å². The molecule has 116 valence electrons. The summed E-state index contributed by atoms with van der Waals surface area (Å²) < 4.78 is 31.0. The Morgan fingerprint density at radius 3 is 2.38 bits per heavy atom. The molecule has 0 aromatic heterocycles. The molecular formula is C13H18N2O5S. The summed E-state index contributed by atoms with van der Waals surface area (Å²) in [5.41, 5.74) is 5.25. The molecule has 0 fully saturated rings. The largest absolute Gasteiger partial charge is 0.462 e. The minimum absolute atomic E-state index is 0.0367. The standard InChI is InChI=1S/C13H18N2O5S/c1-2-20-13(17)10-5-7-11(8-6-10)21(18,19)15-9-3-4-12(14)16/h5-8,15H,2-4,9H2,1H3,(H2,14,16). The second kappa shape index (κ2) is 7.75. The van der Waals surface area contributed by atoms with Gasteiger partial charge in [0, 0.05) is 13.0 Å². The van der Waals surface area contributed by atoms with Gasteiger partial charge < -0.3 is 10.5 Å². The summed E-state index contributed by atoms with van der Waals surface area (Å²) in [6.45, 7) is 2.05. The molecule has 8 heteroatoms. The smallest absolute Gasteiger partial charge is 0.338 e. The molecule has 0 heterocycles. The van der Waals surface area contributed by atoms with E-state index in [0.717, 1.165) is 0 Å². The van der Waals surface area contributed by atoms with Gasteiger partial charge in [0.2, 0.25) is 15.9 Å². The first-order valence-electron chi connectivity index (χ1n) is 6.42. The van der Waals surface area contributed by atoms with Crippen molar-refractivity contribution in [2.45, 2.75) is 24.7 Å². The normalized spacial score (nSPS) is 11.1. The fourth-order valence-corrected chi connectivity index (χ4v) is 2.61. The maximum atomic E-state index is 11.9. The van der Waals surface area contributed by atoms with Crippen molar-refractivity contribution in [2.75, 3.05) is 13.2 Å². The number of nitrogens with two attached hydrogens (primary N) is 1. The second-order valence-electron chi connectivity index (χ2n) is 4.21. The van der Waals surface area contributed by atoms with Crippen molar-refractivity contribution in [1.82, 2.24) is 4.72 Å². The third-order valence-corrected chi connectivity index (χ3v) is 4.04. The fourth-order valence-electron chi connectivity index (χ4n) is 1.54. The number of esters is 1. The molecule has 0 atom stereocenters. The Bertz CT molecular complexity index is 595. The number of hydrogen-bond donors (Lipinski definition) is 2. The average Bonchev–Trinajstić information content (AvgIpc) is 2.44. The molecule has 0 aliphatic heterocycles. The highest BCUT2D eigenvalue weighted by Gasteiger charge is 2.14. The van der Waals surface area contributed by atoms with Crippen molar-refractivity contribution in [3.8, 4) is 0 Å². The molecule has 0 saturated heterocycles. The van der Waals surface area contributed by atoms with Gasteiger partial charge in [-0.3, -0.25) is 4.79 Å². The molecule has 0 unspecified atom stereocenters. The summed E-state index contributed by atoms with van der Waals surface area (Å²) in [5.74, 6) is -0.983. The lowest BCUT2D eigenvalue weighted by Crippen LogP contribution is -2.26. The van der Waals surface area contributed by atoms with E-state index in [4.69, 9.17) is 10.5 Å². The Morgan fingerprint density at radius 2 is 1.86 bits per heavy atom. The number of benzene rings is 1. The van der Waals surface area contributed by atoms with Crippen LogP contribution in [0.4, 0.5) is 0 Å². The zero-order valence-corrected chi connectivity index (χ0v) is 12.5. The predicted octanol–water partition coefficient (Wildman–Crippen LogP) is 0.407.